The second kappa shape index (κ2) is 10.1. The monoisotopic (exact) mass is 409 g/mol. The summed E-state index contributed by atoms with van der Waals surface area (Å²) in [7, 11) is 0. The highest BCUT2D eigenvalue weighted by atomic mass is 16.5. The van der Waals surface area contributed by atoms with Crippen LogP contribution in [0.2, 0.25) is 0 Å². The Kier molecular flexibility index (Phi) is 7.33. The molecule has 3 N–H and O–H groups in total. The second-order valence-electron chi connectivity index (χ2n) is 7.54. The molecule has 1 saturated heterocycles. The molecule has 1 aliphatic heterocycles. The van der Waals surface area contributed by atoms with Gasteiger partial charge in [0.2, 0.25) is 5.91 Å². The summed E-state index contributed by atoms with van der Waals surface area (Å²) in [6, 6.07) is 12.9. The van der Waals surface area contributed by atoms with E-state index in [1.54, 1.807) is 19.1 Å². The number of likely N-dealkylation sites (N-methyl/N-ethyl adjacent to an activating group) is 1. The molecule has 1 amide bonds. The fourth-order valence-electron chi connectivity index (χ4n) is 4.00. The van der Waals surface area contributed by atoms with Gasteiger partial charge in [0, 0.05) is 31.0 Å². The Balaban J connectivity index is 2.03. The van der Waals surface area contributed by atoms with Gasteiger partial charge >= 0.3 is 5.97 Å². The number of ether oxygens (including phenoxy) is 1. The van der Waals surface area contributed by atoms with Gasteiger partial charge in [-0.25, -0.2) is 4.79 Å². The zero-order valence-corrected chi connectivity index (χ0v) is 17.8. The Morgan fingerprint density at radius 1 is 1.07 bits per heavy atom. The molecule has 1 atom stereocenters. The highest BCUT2D eigenvalue weighted by molar-refractivity contribution is 5.91. The van der Waals surface area contributed by atoms with Crippen LogP contribution in [0.4, 0.5) is 11.4 Å². The fourth-order valence-corrected chi connectivity index (χ4v) is 4.00. The van der Waals surface area contributed by atoms with E-state index in [0.29, 0.717) is 24.4 Å². The van der Waals surface area contributed by atoms with Gasteiger partial charge in [-0.05, 0) is 74.6 Å². The maximum Gasteiger partial charge on any atom is 0.338 e. The van der Waals surface area contributed by atoms with Gasteiger partial charge in [0.25, 0.3) is 0 Å². The van der Waals surface area contributed by atoms with Crippen molar-refractivity contribution in [1.29, 1.82) is 0 Å². The SMILES string of the molecule is CCNC(=O)C(c1ccc(C(=O)OCC)cc1)c1cc(N)ccc1N1CCCCC1. The number of nitrogens with zero attached hydrogens (tertiary/aromatic N) is 1. The lowest BCUT2D eigenvalue weighted by molar-refractivity contribution is -0.121. The van der Waals surface area contributed by atoms with Crippen LogP contribution in [-0.2, 0) is 9.53 Å². The van der Waals surface area contributed by atoms with Crippen molar-refractivity contribution in [2.75, 3.05) is 36.9 Å². The topological polar surface area (TPSA) is 84.7 Å². The molecule has 3 rings (SSSR count). The minimum absolute atomic E-state index is 0.0785. The number of esters is 1. The van der Waals surface area contributed by atoms with Gasteiger partial charge < -0.3 is 20.7 Å². The minimum atomic E-state index is -0.512. The van der Waals surface area contributed by atoms with Crippen LogP contribution >= 0.6 is 0 Å². The van der Waals surface area contributed by atoms with E-state index in [2.05, 4.69) is 10.2 Å². The first-order valence-corrected chi connectivity index (χ1v) is 10.7. The summed E-state index contributed by atoms with van der Waals surface area (Å²) < 4.78 is 5.07. The number of nitrogens with two attached hydrogens (primary N) is 1. The van der Waals surface area contributed by atoms with Crippen molar-refractivity contribution in [2.24, 2.45) is 0 Å². The first-order chi connectivity index (χ1) is 14.5. The molecule has 0 bridgehead atoms. The van der Waals surface area contributed by atoms with Gasteiger partial charge in [-0.3, -0.25) is 4.79 Å². The van der Waals surface area contributed by atoms with Crippen molar-refractivity contribution in [3.63, 3.8) is 0 Å². The average Bonchev–Trinajstić information content (AvgIpc) is 2.75. The smallest absolute Gasteiger partial charge is 0.338 e. The molecule has 6 heteroatoms. The summed E-state index contributed by atoms with van der Waals surface area (Å²) in [5, 5.41) is 2.96. The fraction of sp³-hybridized carbons (Fsp3) is 0.417. The number of benzene rings is 2. The summed E-state index contributed by atoms with van der Waals surface area (Å²) >= 11 is 0. The molecule has 1 aliphatic rings. The first-order valence-electron chi connectivity index (χ1n) is 10.7. The van der Waals surface area contributed by atoms with Crippen LogP contribution in [0.3, 0.4) is 0 Å². The molecule has 0 radical (unpaired) electrons. The van der Waals surface area contributed by atoms with Gasteiger partial charge in [0.05, 0.1) is 18.1 Å². The summed E-state index contributed by atoms with van der Waals surface area (Å²) in [4.78, 5) is 27.5. The lowest BCUT2D eigenvalue weighted by Gasteiger charge is -2.32. The Morgan fingerprint density at radius 2 is 1.77 bits per heavy atom. The van der Waals surface area contributed by atoms with E-state index < -0.39 is 5.92 Å². The quantitative estimate of drug-likeness (QED) is 0.538. The number of carbonyl (C=O) groups excluding carboxylic acids is 2. The van der Waals surface area contributed by atoms with Crippen molar-refractivity contribution in [2.45, 2.75) is 39.0 Å². The number of carbonyl (C=O) groups is 2. The molecular formula is C24H31N3O3. The molecule has 0 spiro atoms. The lowest BCUT2D eigenvalue weighted by Crippen LogP contribution is -2.34. The third-order valence-corrected chi connectivity index (χ3v) is 5.43. The molecule has 30 heavy (non-hydrogen) atoms. The molecule has 160 valence electrons. The molecular weight excluding hydrogens is 378 g/mol. The van der Waals surface area contributed by atoms with E-state index in [0.717, 1.165) is 42.7 Å². The maximum absolute atomic E-state index is 13.1. The van der Waals surface area contributed by atoms with Crippen LogP contribution in [0.5, 0.6) is 0 Å². The van der Waals surface area contributed by atoms with Crippen LogP contribution in [-0.4, -0.2) is 38.1 Å². The molecule has 1 fully saturated rings. The molecule has 1 heterocycles. The summed E-state index contributed by atoms with van der Waals surface area (Å²) in [6.07, 6.45) is 3.52. The number of rotatable bonds is 7. The Hall–Kier alpha value is -3.02. The molecule has 1 unspecified atom stereocenters. The van der Waals surface area contributed by atoms with Gasteiger partial charge in [0.1, 0.15) is 0 Å². The third-order valence-electron chi connectivity index (χ3n) is 5.43. The van der Waals surface area contributed by atoms with E-state index in [1.807, 2.05) is 37.3 Å². The normalized spacial score (nSPS) is 14.8. The van der Waals surface area contributed by atoms with Gasteiger partial charge in [-0.1, -0.05) is 12.1 Å². The number of amides is 1. The highest BCUT2D eigenvalue weighted by Crippen LogP contribution is 2.36. The van der Waals surface area contributed by atoms with E-state index in [4.69, 9.17) is 10.5 Å². The van der Waals surface area contributed by atoms with Gasteiger partial charge in [-0.2, -0.15) is 0 Å². The first kappa shape index (κ1) is 21.7. The van der Waals surface area contributed by atoms with Gasteiger partial charge in [-0.15, -0.1) is 0 Å². The van der Waals surface area contributed by atoms with Gasteiger partial charge in [0.15, 0.2) is 0 Å². The van der Waals surface area contributed by atoms with E-state index in [1.165, 1.54) is 6.42 Å². The number of anilines is 2. The summed E-state index contributed by atoms with van der Waals surface area (Å²) in [5.74, 6) is -0.955. The predicted octanol–water partition coefficient (Wildman–Crippen LogP) is 3.70. The van der Waals surface area contributed by atoms with E-state index in [9.17, 15) is 9.59 Å². The Bertz CT molecular complexity index is 874. The maximum atomic E-state index is 13.1. The molecule has 0 aromatic heterocycles. The number of nitrogens with one attached hydrogen (secondary N) is 1. The average molecular weight is 410 g/mol. The standard InChI is InChI=1S/C24H31N3O3/c1-3-26-23(28)22(17-8-10-18(11-9-17)24(29)30-4-2)20-16-19(25)12-13-21(20)27-14-6-5-7-15-27/h8-13,16,22H,3-7,14-15,25H2,1-2H3,(H,26,28). The van der Waals surface area contributed by atoms with E-state index >= 15 is 0 Å². The Labute approximate surface area is 178 Å². The molecule has 6 nitrogen and oxygen atoms in total. The molecule has 2 aromatic rings. The number of nitrogen functional groups attached to an aromatic ring is 1. The lowest BCUT2D eigenvalue weighted by atomic mass is 9.87. The van der Waals surface area contributed by atoms with Crippen molar-refractivity contribution >= 4 is 23.3 Å². The van der Waals surface area contributed by atoms with Crippen molar-refractivity contribution in [3.05, 3.63) is 59.2 Å². The van der Waals surface area contributed by atoms with Crippen LogP contribution in [0.1, 0.15) is 60.5 Å². The number of hydrogen-bond acceptors (Lipinski definition) is 5. The molecule has 0 aliphatic carbocycles. The molecule has 2 aromatic carbocycles. The van der Waals surface area contributed by atoms with Crippen LogP contribution < -0.4 is 16.0 Å². The summed E-state index contributed by atoms with van der Waals surface area (Å²) in [5.41, 5.74) is 10.00. The van der Waals surface area contributed by atoms with Crippen LogP contribution in [0.25, 0.3) is 0 Å². The zero-order chi connectivity index (χ0) is 21.5. The largest absolute Gasteiger partial charge is 0.462 e. The zero-order valence-electron chi connectivity index (χ0n) is 17.8. The van der Waals surface area contributed by atoms with Crippen LogP contribution in [0.15, 0.2) is 42.5 Å². The van der Waals surface area contributed by atoms with E-state index in [-0.39, 0.29) is 11.9 Å². The second-order valence-corrected chi connectivity index (χ2v) is 7.54. The number of hydrogen-bond donors (Lipinski definition) is 2. The number of piperidine rings is 1. The van der Waals surface area contributed by atoms with Crippen LogP contribution in [0, 0.1) is 0 Å². The molecule has 0 saturated carbocycles. The predicted molar refractivity (Wildman–Crippen MR) is 120 cm³/mol. The highest BCUT2D eigenvalue weighted by Gasteiger charge is 2.28. The minimum Gasteiger partial charge on any atom is -0.462 e. The Morgan fingerprint density at radius 3 is 2.40 bits per heavy atom. The third kappa shape index (κ3) is 4.93. The van der Waals surface area contributed by atoms with Crippen molar-refractivity contribution in [3.8, 4) is 0 Å². The van der Waals surface area contributed by atoms with Crippen molar-refractivity contribution in [1.82, 2.24) is 5.32 Å². The summed E-state index contributed by atoms with van der Waals surface area (Å²) in [6.45, 7) is 6.49. The van der Waals surface area contributed by atoms with Crippen molar-refractivity contribution < 1.29 is 14.3 Å².